The van der Waals surface area contributed by atoms with Crippen LogP contribution in [0.15, 0.2) is 41.1 Å². The summed E-state index contributed by atoms with van der Waals surface area (Å²) in [5.74, 6) is 1.41. The molecular weight excluding hydrogens is 336 g/mol. The molecule has 1 atom stereocenters. The number of fused-ring (bicyclic) bond motifs is 1. The van der Waals surface area contributed by atoms with Crippen molar-refractivity contribution in [1.82, 2.24) is 4.98 Å². The standard InChI is InChI=1S/C15H13BrN2O3/c1-20-14-3-2-10(6-11(14)16)13-8-21-15-4-5-17-7-12(15)18(13)9-19/h2-7,9,13H,8H2,1H3. The Morgan fingerprint density at radius 1 is 1.48 bits per heavy atom. The Kier molecular flexibility index (Phi) is 3.79. The van der Waals surface area contributed by atoms with Crippen molar-refractivity contribution in [2.24, 2.45) is 0 Å². The fraction of sp³-hybridized carbons (Fsp3) is 0.200. The van der Waals surface area contributed by atoms with Gasteiger partial charge in [-0.2, -0.15) is 0 Å². The summed E-state index contributed by atoms with van der Waals surface area (Å²) in [5, 5.41) is 0. The predicted octanol–water partition coefficient (Wildman–Crippen LogP) is 2.95. The van der Waals surface area contributed by atoms with Crippen LogP contribution < -0.4 is 14.4 Å². The van der Waals surface area contributed by atoms with Crippen LogP contribution in [0.3, 0.4) is 0 Å². The highest BCUT2D eigenvalue weighted by molar-refractivity contribution is 9.10. The average Bonchev–Trinajstić information content (AvgIpc) is 2.53. The van der Waals surface area contributed by atoms with Crippen LogP contribution in [0.2, 0.25) is 0 Å². The summed E-state index contributed by atoms with van der Waals surface area (Å²) in [7, 11) is 1.61. The largest absolute Gasteiger partial charge is 0.496 e. The van der Waals surface area contributed by atoms with Crippen molar-refractivity contribution in [1.29, 1.82) is 0 Å². The smallest absolute Gasteiger partial charge is 0.214 e. The van der Waals surface area contributed by atoms with E-state index in [1.165, 1.54) is 0 Å². The van der Waals surface area contributed by atoms with E-state index in [0.29, 0.717) is 18.0 Å². The number of rotatable bonds is 3. The number of hydrogen-bond donors (Lipinski definition) is 0. The van der Waals surface area contributed by atoms with E-state index in [1.54, 1.807) is 30.5 Å². The van der Waals surface area contributed by atoms with E-state index >= 15 is 0 Å². The summed E-state index contributed by atoms with van der Waals surface area (Å²) in [6.07, 6.45) is 4.09. The Morgan fingerprint density at radius 3 is 3.05 bits per heavy atom. The molecule has 0 radical (unpaired) electrons. The van der Waals surface area contributed by atoms with Gasteiger partial charge in [-0.25, -0.2) is 0 Å². The van der Waals surface area contributed by atoms with Gasteiger partial charge in [-0.3, -0.25) is 14.7 Å². The maximum absolute atomic E-state index is 11.5. The van der Waals surface area contributed by atoms with E-state index in [-0.39, 0.29) is 6.04 Å². The summed E-state index contributed by atoms with van der Waals surface area (Å²) in [4.78, 5) is 17.2. The molecule has 0 aliphatic carbocycles. The SMILES string of the molecule is COc1ccc(C2COc3ccncc3N2C=O)cc1Br. The van der Waals surface area contributed by atoms with Gasteiger partial charge in [-0.05, 0) is 33.6 Å². The molecule has 2 aromatic rings. The van der Waals surface area contributed by atoms with Crippen LogP contribution in [0.25, 0.3) is 0 Å². The first-order valence-corrected chi connectivity index (χ1v) is 7.17. The number of methoxy groups -OCH3 is 1. The molecule has 0 bridgehead atoms. The van der Waals surface area contributed by atoms with Crippen LogP contribution in [0.1, 0.15) is 11.6 Å². The highest BCUT2D eigenvalue weighted by Crippen LogP contribution is 2.39. The van der Waals surface area contributed by atoms with Gasteiger partial charge < -0.3 is 9.47 Å². The minimum atomic E-state index is -0.193. The molecule has 21 heavy (non-hydrogen) atoms. The molecule has 1 aliphatic heterocycles. The maximum atomic E-state index is 11.5. The Bertz CT molecular complexity index is 678. The third kappa shape index (κ3) is 2.47. The number of halogens is 1. The number of pyridine rings is 1. The molecule has 1 unspecified atom stereocenters. The van der Waals surface area contributed by atoms with Crippen molar-refractivity contribution in [3.8, 4) is 11.5 Å². The molecule has 1 aromatic carbocycles. The summed E-state index contributed by atoms with van der Waals surface area (Å²) in [6, 6.07) is 7.29. The molecule has 108 valence electrons. The lowest BCUT2D eigenvalue weighted by atomic mass is 10.0. The Morgan fingerprint density at radius 2 is 2.33 bits per heavy atom. The highest BCUT2D eigenvalue weighted by atomic mass is 79.9. The van der Waals surface area contributed by atoms with Crippen LogP contribution >= 0.6 is 15.9 Å². The zero-order valence-electron chi connectivity index (χ0n) is 11.3. The van der Waals surface area contributed by atoms with Crippen LogP contribution in [0.4, 0.5) is 5.69 Å². The van der Waals surface area contributed by atoms with E-state index in [2.05, 4.69) is 20.9 Å². The van der Waals surface area contributed by atoms with E-state index < -0.39 is 0 Å². The van der Waals surface area contributed by atoms with Crippen molar-refractivity contribution in [3.05, 3.63) is 46.7 Å². The minimum absolute atomic E-state index is 0.193. The minimum Gasteiger partial charge on any atom is -0.496 e. The van der Waals surface area contributed by atoms with Crippen LogP contribution in [-0.4, -0.2) is 25.1 Å². The number of anilines is 1. The number of amides is 1. The van der Waals surface area contributed by atoms with Gasteiger partial charge in [0, 0.05) is 12.3 Å². The van der Waals surface area contributed by atoms with Crippen molar-refractivity contribution in [2.75, 3.05) is 18.6 Å². The first-order valence-electron chi connectivity index (χ1n) is 6.38. The summed E-state index contributed by atoms with van der Waals surface area (Å²) < 4.78 is 11.8. The Labute approximate surface area is 130 Å². The first kappa shape index (κ1) is 13.9. The number of hydrogen-bond acceptors (Lipinski definition) is 4. The van der Waals surface area contributed by atoms with Crippen LogP contribution in [-0.2, 0) is 4.79 Å². The van der Waals surface area contributed by atoms with Gasteiger partial charge in [0.2, 0.25) is 6.41 Å². The number of ether oxygens (including phenoxy) is 2. The fourth-order valence-corrected chi connectivity index (χ4v) is 2.94. The summed E-state index contributed by atoms with van der Waals surface area (Å²) in [6.45, 7) is 0.397. The Hall–Kier alpha value is -2.08. The number of carbonyl (C=O) groups excluding carboxylic acids is 1. The molecular formula is C15H13BrN2O3. The van der Waals surface area contributed by atoms with E-state index in [1.807, 2.05) is 18.2 Å². The monoisotopic (exact) mass is 348 g/mol. The molecule has 2 heterocycles. The van der Waals surface area contributed by atoms with E-state index in [9.17, 15) is 4.79 Å². The molecule has 0 saturated heterocycles. The molecule has 1 amide bonds. The number of nitrogens with zero attached hydrogens (tertiary/aromatic N) is 2. The lowest BCUT2D eigenvalue weighted by Crippen LogP contribution is -2.35. The number of benzene rings is 1. The van der Waals surface area contributed by atoms with Crippen molar-refractivity contribution in [3.63, 3.8) is 0 Å². The molecule has 0 fully saturated rings. The molecule has 0 spiro atoms. The van der Waals surface area contributed by atoms with Gasteiger partial charge >= 0.3 is 0 Å². The van der Waals surface area contributed by atoms with Gasteiger partial charge in [-0.15, -0.1) is 0 Å². The first-order chi connectivity index (χ1) is 10.2. The second-order valence-electron chi connectivity index (χ2n) is 4.58. The lowest BCUT2D eigenvalue weighted by Gasteiger charge is -2.34. The number of aromatic nitrogens is 1. The number of carbonyl (C=O) groups is 1. The van der Waals surface area contributed by atoms with E-state index in [0.717, 1.165) is 22.2 Å². The normalized spacial score (nSPS) is 16.9. The van der Waals surface area contributed by atoms with E-state index in [4.69, 9.17) is 9.47 Å². The van der Waals surface area contributed by atoms with Gasteiger partial charge in [0.05, 0.1) is 23.8 Å². The Balaban J connectivity index is 1.99. The van der Waals surface area contributed by atoms with Gasteiger partial charge in [-0.1, -0.05) is 6.07 Å². The molecule has 5 nitrogen and oxygen atoms in total. The predicted molar refractivity (Wildman–Crippen MR) is 81.7 cm³/mol. The summed E-state index contributed by atoms with van der Waals surface area (Å²) in [5.41, 5.74) is 1.64. The van der Waals surface area contributed by atoms with Gasteiger partial charge in [0.25, 0.3) is 0 Å². The highest BCUT2D eigenvalue weighted by Gasteiger charge is 2.29. The third-order valence-corrected chi connectivity index (χ3v) is 4.07. The van der Waals surface area contributed by atoms with Crippen molar-refractivity contribution in [2.45, 2.75) is 6.04 Å². The quantitative estimate of drug-likeness (QED) is 0.800. The second kappa shape index (κ2) is 5.73. The second-order valence-corrected chi connectivity index (χ2v) is 5.43. The zero-order valence-corrected chi connectivity index (χ0v) is 12.9. The molecule has 3 rings (SSSR count). The van der Waals surface area contributed by atoms with Crippen LogP contribution in [0, 0.1) is 0 Å². The molecule has 1 aromatic heterocycles. The molecule has 0 N–H and O–H groups in total. The van der Waals surface area contributed by atoms with Gasteiger partial charge in [0.15, 0.2) is 0 Å². The topological polar surface area (TPSA) is 51.7 Å². The fourth-order valence-electron chi connectivity index (χ4n) is 2.38. The molecule has 1 aliphatic rings. The zero-order chi connectivity index (χ0) is 14.8. The van der Waals surface area contributed by atoms with Gasteiger partial charge in [0.1, 0.15) is 23.8 Å². The third-order valence-electron chi connectivity index (χ3n) is 3.45. The summed E-state index contributed by atoms with van der Waals surface area (Å²) >= 11 is 3.46. The maximum Gasteiger partial charge on any atom is 0.214 e. The van der Waals surface area contributed by atoms with Crippen molar-refractivity contribution < 1.29 is 14.3 Å². The van der Waals surface area contributed by atoms with Crippen molar-refractivity contribution >= 4 is 28.0 Å². The lowest BCUT2D eigenvalue weighted by molar-refractivity contribution is -0.108. The molecule has 0 saturated carbocycles. The molecule has 6 heteroatoms. The average molecular weight is 349 g/mol. The van der Waals surface area contributed by atoms with Crippen LogP contribution in [0.5, 0.6) is 11.5 Å².